The number of hydrogen-bond donors (Lipinski definition) is 2. The lowest BCUT2D eigenvalue weighted by molar-refractivity contribution is 0.186. The highest BCUT2D eigenvalue weighted by Gasteiger charge is 1.58. The van der Waals surface area contributed by atoms with Crippen LogP contribution in [0.15, 0.2) is 17.8 Å². The van der Waals surface area contributed by atoms with E-state index in [1.54, 1.807) is 0 Å². The highest BCUT2D eigenvalue weighted by Crippen LogP contribution is 1.52. The van der Waals surface area contributed by atoms with E-state index in [-0.39, 0.29) is 13.2 Å². The van der Waals surface area contributed by atoms with Gasteiger partial charge in [0, 0.05) is 6.20 Å². The van der Waals surface area contributed by atoms with E-state index in [2.05, 4.69) is 11.6 Å². The van der Waals surface area contributed by atoms with Crippen LogP contribution in [0.2, 0.25) is 0 Å². The van der Waals surface area contributed by atoms with E-state index in [4.69, 9.17) is 15.0 Å². The lowest BCUT2D eigenvalue weighted by Crippen LogP contribution is -1.85. The van der Waals surface area contributed by atoms with Crippen LogP contribution in [0.4, 0.5) is 0 Å². The number of isocyanates is 1. The van der Waals surface area contributed by atoms with E-state index in [0.717, 1.165) is 6.20 Å². The normalized spacial score (nSPS) is 6.00. The van der Waals surface area contributed by atoms with E-state index in [9.17, 15) is 0 Å². The summed E-state index contributed by atoms with van der Waals surface area (Å²) in [6.07, 6.45) is 2.41. The topological polar surface area (TPSA) is 69.9 Å². The van der Waals surface area contributed by atoms with E-state index in [1.165, 1.54) is 6.08 Å². The summed E-state index contributed by atoms with van der Waals surface area (Å²) in [4.78, 5) is 12.0. The Morgan fingerprint density at radius 2 is 2.00 bits per heavy atom. The fourth-order valence-corrected chi connectivity index (χ4v) is 0.0373. The molecule has 0 radical (unpaired) electrons. The molecule has 0 atom stereocenters. The second kappa shape index (κ2) is 15.7. The van der Waals surface area contributed by atoms with Gasteiger partial charge in [-0.1, -0.05) is 6.58 Å². The smallest absolute Gasteiger partial charge is 0.239 e. The number of aliphatic hydroxyl groups excluding tert-OH is 2. The molecule has 0 heterocycles. The predicted molar refractivity (Wildman–Crippen MR) is 32.5 cm³/mol. The first kappa shape index (κ1) is 10.9. The van der Waals surface area contributed by atoms with Gasteiger partial charge < -0.3 is 10.2 Å². The maximum absolute atomic E-state index is 9.04. The van der Waals surface area contributed by atoms with Crippen LogP contribution in [0.1, 0.15) is 0 Å². The predicted octanol–water partition coefficient (Wildman–Crippen LogP) is -0.563. The molecule has 0 aromatic rings. The molecule has 0 rings (SSSR count). The zero-order valence-corrected chi connectivity index (χ0v) is 4.95. The van der Waals surface area contributed by atoms with E-state index < -0.39 is 0 Å². The van der Waals surface area contributed by atoms with Gasteiger partial charge in [-0.3, -0.25) is 0 Å². The van der Waals surface area contributed by atoms with Crippen LogP contribution in [0.25, 0.3) is 0 Å². The third-order valence-corrected chi connectivity index (χ3v) is 0.244. The van der Waals surface area contributed by atoms with Crippen LogP contribution in [0.5, 0.6) is 0 Å². The molecule has 0 fully saturated rings. The zero-order chi connectivity index (χ0) is 7.54. The van der Waals surface area contributed by atoms with Crippen LogP contribution < -0.4 is 0 Å². The summed E-state index contributed by atoms with van der Waals surface area (Å²) >= 11 is 0. The van der Waals surface area contributed by atoms with E-state index in [1.807, 2.05) is 0 Å². The fraction of sp³-hybridized carbons (Fsp3) is 0.400. The molecule has 0 saturated carbocycles. The standard InChI is InChI=1S/C3H3NO.C2H6O2/c1-2-4-3-5;3-1-2-4/h2H,1H2;3-4H,1-2H2. The molecule has 0 aliphatic heterocycles. The first-order valence-corrected chi connectivity index (χ1v) is 2.23. The molecule has 0 spiro atoms. The average molecular weight is 131 g/mol. The second-order valence-corrected chi connectivity index (χ2v) is 0.850. The Labute approximate surface area is 53.2 Å². The monoisotopic (exact) mass is 131 g/mol. The van der Waals surface area contributed by atoms with Crippen molar-refractivity contribution in [1.29, 1.82) is 0 Å². The van der Waals surface area contributed by atoms with Crippen LogP contribution in [0, 0.1) is 0 Å². The summed E-state index contributed by atoms with van der Waals surface area (Å²) < 4.78 is 0. The Balaban J connectivity index is 0. The minimum absolute atomic E-state index is 0.125. The molecule has 52 valence electrons. The van der Waals surface area contributed by atoms with Crippen LogP contribution in [-0.4, -0.2) is 29.5 Å². The SMILES string of the molecule is C=CN=C=O.OCCO. The highest BCUT2D eigenvalue weighted by molar-refractivity contribution is 5.34. The van der Waals surface area contributed by atoms with Crippen LogP contribution >= 0.6 is 0 Å². The molecule has 2 N–H and O–H groups in total. The molecule has 0 amide bonds. The molecule has 4 nitrogen and oxygen atoms in total. The number of rotatable bonds is 2. The number of aliphatic hydroxyl groups is 2. The Morgan fingerprint density at radius 3 is 2.00 bits per heavy atom. The maximum Gasteiger partial charge on any atom is 0.239 e. The molecule has 0 aromatic heterocycles. The van der Waals surface area contributed by atoms with Crippen molar-refractivity contribution in [3.63, 3.8) is 0 Å². The summed E-state index contributed by atoms with van der Waals surface area (Å²) in [5.74, 6) is 0. The number of hydrogen-bond acceptors (Lipinski definition) is 4. The Hall–Kier alpha value is -0.960. The third kappa shape index (κ3) is 43.0. The van der Waals surface area contributed by atoms with Crippen molar-refractivity contribution < 1.29 is 15.0 Å². The first-order chi connectivity index (χ1) is 4.33. The highest BCUT2D eigenvalue weighted by atomic mass is 16.3. The fourth-order valence-electron chi connectivity index (χ4n) is 0.0373. The van der Waals surface area contributed by atoms with Crippen molar-refractivity contribution in [2.24, 2.45) is 4.99 Å². The third-order valence-electron chi connectivity index (χ3n) is 0.244. The van der Waals surface area contributed by atoms with Crippen molar-refractivity contribution in [1.82, 2.24) is 0 Å². The summed E-state index contributed by atoms with van der Waals surface area (Å²) in [6.45, 7) is 2.87. The van der Waals surface area contributed by atoms with Gasteiger partial charge in [0.2, 0.25) is 6.08 Å². The van der Waals surface area contributed by atoms with Crippen LogP contribution in [0.3, 0.4) is 0 Å². The molecule has 0 aliphatic rings. The van der Waals surface area contributed by atoms with Gasteiger partial charge in [-0.15, -0.1) is 0 Å². The molecular weight excluding hydrogens is 122 g/mol. The van der Waals surface area contributed by atoms with Gasteiger partial charge in [-0.25, -0.2) is 4.79 Å². The maximum atomic E-state index is 9.04. The second-order valence-electron chi connectivity index (χ2n) is 0.850. The minimum atomic E-state index is -0.125. The molecule has 0 aromatic carbocycles. The van der Waals surface area contributed by atoms with Gasteiger partial charge in [0.1, 0.15) is 0 Å². The molecular formula is C5H9NO3. The van der Waals surface area contributed by atoms with Gasteiger partial charge in [0.15, 0.2) is 0 Å². The molecule has 0 aliphatic carbocycles. The number of nitrogens with zero attached hydrogens (tertiary/aromatic N) is 1. The van der Waals surface area contributed by atoms with Crippen molar-refractivity contribution in [2.75, 3.05) is 13.2 Å². The first-order valence-electron chi connectivity index (χ1n) is 2.23. The van der Waals surface area contributed by atoms with Gasteiger partial charge in [0.05, 0.1) is 13.2 Å². The summed E-state index contributed by atoms with van der Waals surface area (Å²) in [5.41, 5.74) is 0. The van der Waals surface area contributed by atoms with Crippen molar-refractivity contribution in [2.45, 2.75) is 0 Å². The Kier molecular flexibility index (Phi) is 19.1. The lowest BCUT2D eigenvalue weighted by atomic mass is 10.8. The molecule has 9 heavy (non-hydrogen) atoms. The summed E-state index contributed by atoms with van der Waals surface area (Å²) in [6, 6.07) is 0. The number of aliphatic imine (C=N–C) groups is 1. The van der Waals surface area contributed by atoms with Crippen LogP contribution in [-0.2, 0) is 4.79 Å². The lowest BCUT2D eigenvalue weighted by Gasteiger charge is -1.70. The molecule has 4 heteroatoms. The minimum Gasteiger partial charge on any atom is -0.394 e. The Morgan fingerprint density at radius 1 is 1.56 bits per heavy atom. The van der Waals surface area contributed by atoms with Gasteiger partial charge in [-0.2, -0.15) is 4.99 Å². The van der Waals surface area contributed by atoms with Gasteiger partial charge >= 0.3 is 0 Å². The average Bonchev–Trinajstić information content (AvgIpc) is 1.91. The number of carbonyl (C=O) groups excluding carboxylic acids is 1. The molecule has 0 saturated heterocycles. The summed E-state index contributed by atoms with van der Waals surface area (Å²) in [5, 5.41) is 15.2. The largest absolute Gasteiger partial charge is 0.394 e. The quantitative estimate of drug-likeness (QED) is 0.389. The Bertz CT molecular complexity index is 94.4. The van der Waals surface area contributed by atoms with Gasteiger partial charge in [-0.05, 0) is 0 Å². The van der Waals surface area contributed by atoms with E-state index in [0.29, 0.717) is 0 Å². The van der Waals surface area contributed by atoms with Gasteiger partial charge in [0.25, 0.3) is 0 Å². The summed E-state index contributed by atoms with van der Waals surface area (Å²) in [7, 11) is 0. The van der Waals surface area contributed by atoms with E-state index >= 15 is 0 Å². The van der Waals surface area contributed by atoms with Crippen molar-refractivity contribution >= 4 is 6.08 Å². The zero-order valence-electron chi connectivity index (χ0n) is 4.95. The van der Waals surface area contributed by atoms with Crippen molar-refractivity contribution in [3.05, 3.63) is 12.8 Å². The van der Waals surface area contributed by atoms with Crippen molar-refractivity contribution in [3.8, 4) is 0 Å². The molecule has 0 unspecified atom stereocenters. The molecule has 0 bridgehead atoms.